The maximum Gasteiger partial charge on any atom is 0.215 e. The van der Waals surface area contributed by atoms with Crippen LogP contribution in [0.1, 0.15) is 33.8 Å². The summed E-state index contributed by atoms with van der Waals surface area (Å²) in [4.78, 5) is 3.22. The minimum atomic E-state index is -3.37. The molecule has 0 fully saturated rings. The number of aromatic amines is 1. The lowest BCUT2D eigenvalue weighted by Crippen LogP contribution is -3.00. The zero-order chi connectivity index (χ0) is 22.9. The number of H-pyrrole nitrogens is 1. The number of benzene rings is 2. The van der Waals surface area contributed by atoms with E-state index in [0.717, 1.165) is 22.0 Å². The van der Waals surface area contributed by atoms with Crippen LogP contribution in [-0.4, -0.2) is 45.5 Å². The molecule has 0 saturated carbocycles. The predicted molar refractivity (Wildman–Crippen MR) is 116 cm³/mol. The van der Waals surface area contributed by atoms with Crippen LogP contribution < -0.4 is 28.7 Å². The summed E-state index contributed by atoms with van der Waals surface area (Å²) >= 11 is 0. The molecular weight excluding hydrogens is 497 g/mol. The van der Waals surface area contributed by atoms with Crippen LogP contribution in [0.25, 0.3) is 10.9 Å². The van der Waals surface area contributed by atoms with E-state index in [-0.39, 0.29) is 40.3 Å². The van der Waals surface area contributed by atoms with Crippen molar-refractivity contribution in [2.24, 2.45) is 0 Å². The van der Waals surface area contributed by atoms with Gasteiger partial charge >= 0.3 is 0 Å². The fraction of sp³-hybridized carbons (Fsp3) is 0.364. The Morgan fingerprint density at radius 2 is 1.93 bits per heavy atom. The number of rotatable bonds is 8. The first-order valence-corrected chi connectivity index (χ1v) is 11.0. The van der Waals surface area contributed by atoms with E-state index in [1.165, 1.54) is 7.05 Å². The van der Waals surface area contributed by atoms with Gasteiger partial charge in [0, 0.05) is 29.1 Å². The zero-order valence-electron chi connectivity index (χ0n) is 19.9. The number of likely N-dealkylation sites (N-methyl/N-ethyl adjacent to an activating group) is 1. The van der Waals surface area contributed by atoms with Gasteiger partial charge in [-0.15, -0.1) is 0 Å². The number of halogens is 1. The Labute approximate surface area is 195 Å². The highest BCUT2D eigenvalue weighted by molar-refractivity contribution is 7.88. The number of hydrogen-bond donors (Lipinski definition) is 2. The Kier molecular flexibility index (Phi) is 6.46. The number of quaternary nitrogens is 1. The molecule has 0 saturated heterocycles. The van der Waals surface area contributed by atoms with Crippen LogP contribution in [0.5, 0.6) is 0 Å². The summed E-state index contributed by atoms with van der Waals surface area (Å²) < 4.78 is 50.8. The van der Waals surface area contributed by atoms with Gasteiger partial charge in [-0.1, -0.05) is 36.4 Å². The second-order valence-electron chi connectivity index (χ2n) is 7.49. The van der Waals surface area contributed by atoms with E-state index >= 15 is 0 Å². The third-order valence-electron chi connectivity index (χ3n) is 5.48. The van der Waals surface area contributed by atoms with Gasteiger partial charge < -0.3 is 33.4 Å². The topological polar surface area (TPSA) is 62.0 Å². The average molecular weight is 530 g/mol. The van der Waals surface area contributed by atoms with Gasteiger partial charge in [0.15, 0.2) is 0 Å². The Hall–Kier alpha value is -1.42. The molecular formula is C22H30IN3O2S. The fourth-order valence-corrected chi connectivity index (χ4v) is 4.18. The van der Waals surface area contributed by atoms with Crippen molar-refractivity contribution in [2.45, 2.75) is 25.1 Å². The van der Waals surface area contributed by atoms with E-state index < -0.39 is 17.0 Å². The molecule has 0 aliphatic carbocycles. The van der Waals surface area contributed by atoms with Crippen molar-refractivity contribution in [1.82, 2.24) is 9.71 Å². The molecule has 3 aromatic rings. The standard InChI is InChI=1S/C22H30N3O2S.HI/c1-17(19-8-6-5-7-9-19)25(3,4)13-12-20-15-24-22-11-10-18(14-21(20)22)16-28(26,27)23-2;/h5-11,14-15,17,23-24H,12-13,16H2,1-4H3;1H/q+1;/p-1/i3D3;. The highest BCUT2D eigenvalue weighted by atomic mass is 127. The van der Waals surface area contributed by atoms with E-state index in [9.17, 15) is 8.42 Å². The average Bonchev–Trinajstić information content (AvgIpc) is 3.13. The maximum atomic E-state index is 11.9. The number of hydrogen-bond acceptors (Lipinski definition) is 2. The molecule has 2 aromatic carbocycles. The molecule has 7 heteroatoms. The van der Waals surface area contributed by atoms with E-state index in [4.69, 9.17) is 4.11 Å². The van der Waals surface area contributed by atoms with Crippen LogP contribution in [-0.2, 0) is 22.2 Å². The summed E-state index contributed by atoms with van der Waals surface area (Å²) in [5.41, 5.74) is 3.56. The summed E-state index contributed by atoms with van der Waals surface area (Å²) in [6.45, 7) is 0.184. The normalized spacial score (nSPS) is 16.9. The molecule has 29 heavy (non-hydrogen) atoms. The number of sulfonamides is 1. The summed E-state index contributed by atoms with van der Waals surface area (Å²) in [7, 11) is -0.190. The second kappa shape index (κ2) is 9.59. The van der Waals surface area contributed by atoms with Crippen molar-refractivity contribution in [3.63, 3.8) is 0 Å². The monoisotopic (exact) mass is 530 g/mol. The third kappa shape index (κ3) is 5.81. The highest BCUT2D eigenvalue weighted by Gasteiger charge is 2.25. The number of nitrogens with one attached hydrogen (secondary N) is 2. The van der Waals surface area contributed by atoms with Crippen LogP contribution >= 0.6 is 0 Å². The molecule has 0 spiro atoms. The Bertz CT molecular complexity index is 1150. The predicted octanol–water partition coefficient (Wildman–Crippen LogP) is 0.601. The summed E-state index contributed by atoms with van der Waals surface area (Å²) in [5.74, 6) is -0.0991. The van der Waals surface area contributed by atoms with Crippen molar-refractivity contribution in [2.75, 3.05) is 27.6 Å². The zero-order valence-corrected chi connectivity index (χ0v) is 19.9. The SMILES string of the molecule is [2H]C([2H])([2H])[N+](C)(CCc1c[nH]c2ccc(CS(=O)(=O)NC)cc12)C(C)c1ccccc1.[I-]. The number of nitrogens with zero attached hydrogens (tertiary/aromatic N) is 1. The largest absolute Gasteiger partial charge is 1.00 e. The molecule has 2 N–H and O–H groups in total. The molecule has 3 rings (SSSR count). The van der Waals surface area contributed by atoms with E-state index in [1.807, 2.05) is 55.6 Å². The van der Waals surface area contributed by atoms with Crippen molar-refractivity contribution in [3.05, 3.63) is 71.4 Å². The molecule has 0 aliphatic heterocycles. The molecule has 2 atom stereocenters. The molecule has 0 bridgehead atoms. The first kappa shape index (κ1) is 19.5. The summed E-state index contributed by atoms with van der Waals surface area (Å²) in [5, 5.41) is 0.924. The van der Waals surface area contributed by atoms with Gasteiger partial charge in [-0.2, -0.15) is 0 Å². The van der Waals surface area contributed by atoms with Crippen molar-refractivity contribution in [1.29, 1.82) is 0 Å². The van der Waals surface area contributed by atoms with Gasteiger partial charge in [-0.05, 0) is 37.2 Å². The molecule has 1 heterocycles. The van der Waals surface area contributed by atoms with Crippen LogP contribution in [0.4, 0.5) is 0 Å². The molecule has 0 radical (unpaired) electrons. The first-order chi connectivity index (χ1) is 14.5. The summed E-state index contributed by atoms with van der Waals surface area (Å²) in [6, 6.07) is 15.0. The minimum Gasteiger partial charge on any atom is -1.00 e. The van der Waals surface area contributed by atoms with Crippen LogP contribution in [0, 0.1) is 0 Å². The van der Waals surface area contributed by atoms with Gasteiger partial charge in [0.2, 0.25) is 10.0 Å². The lowest BCUT2D eigenvalue weighted by molar-refractivity contribution is -0.919. The van der Waals surface area contributed by atoms with Gasteiger partial charge in [0.05, 0.1) is 30.4 Å². The van der Waals surface area contributed by atoms with E-state index in [0.29, 0.717) is 18.5 Å². The Morgan fingerprint density at radius 3 is 2.59 bits per heavy atom. The van der Waals surface area contributed by atoms with Gasteiger partial charge in [0.25, 0.3) is 0 Å². The van der Waals surface area contributed by atoms with E-state index in [1.54, 1.807) is 13.1 Å². The molecule has 0 amide bonds. The summed E-state index contributed by atoms with van der Waals surface area (Å²) in [6.07, 6.45) is 2.44. The molecule has 5 nitrogen and oxygen atoms in total. The molecule has 2 unspecified atom stereocenters. The lowest BCUT2D eigenvalue weighted by atomic mass is 10.0. The molecule has 158 valence electrons. The smallest absolute Gasteiger partial charge is 0.215 e. The minimum absolute atomic E-state index is 0. The van der Waals surface area contributed by atoms with Gasteiger partial charge in [-0.3, -0.25) is 0 Å². The van der Waals surface area contributed by atoms with Gasteiger partial charge in [-0.25, -0.2) is 13.1 Å². The van der Waals surface area contributed by atoms with Crippen molar-refractivity contribution >= 4 is 20.9 Å². The Balaban J connectivity index is 0.00000363. The van der Waals surface area contributed by atoms with E-state index in [2.05, 4.69) is 9.71 Å². The molecule has 1 aromatic heterocycles. The number of aromatic nitrogens is 1. The quantitative estimate of drug-likeness (QED) is 0.331. The van der Waals surface area contributed by atoms with Crippen LogP contribution in [0.3, 0.4) is 0 Å². The fourth-order valence-electron chi connectivity index (χ4n) is 3.42. The Morgan fingerprint density at radius 1 is 1.21 bits per heavy atom. The van der Waals surface area contributed by atoms with Crippen molar-refractivity contribution in [3.8, 4) is 0 Å². The molecule has 0 aliphatic rings. The third-order valence-corrected chi connectivity index (χ3v) is 6.82. The van der Waals surface area contributed by atoms with Crippen molar-refractivity contribution < 1.29 is 41.0 Å². The van der Waals surface area contributed by atoms with Crippen LogP contribution in [0.2, 0.25) is 0 Å². The first-order valence-electron chi connectivity index (χ1n) is 10.9. The lowest BCUT2D eigenvalue weighted by Gasteiger charge is -2.36. The van der Waals surface area contributed by atoms with Crippen LogP contribution in [0.15, 0.2) is 54.7 Å². The van der Waals surface area contributed by atoms with Gasteiger partial charge in [0.1, 0.15) is 6.04 Å². The maximum absolute atomic E-state index is 11.9. The highest BCUT2D eigenvalue weighted by Crippen LogP contribution is 2.27. The second-order valence-corrected chi connectivity index (χ2v) is 9.41. The number of fused-ring (bicyclic) bond motifs is 1.